The van der Waals surface area contributed by atoms with Gasteiger partial charge < -0.3 is 9.88 Å². The highest BCUT2D eigenvalue weighted by Crippen LogP contribution is 2.34. The molecule has 0 aromatic carbocycles. The summed E-state index contributed by atoms with van der Waals surface area (Å²) in [5.74, 6) is 1.97. The zero-order valence-corrected chi connectivity index (χ0v) is 11.5. The SMILES string of the molecule is CCNC(Cn1ccnc1-c1cccs1)C1CC1. The first-order valence-electron chi connectivity index (χ1n) is 6.67. The third kappa shape index (κ3) is 2.49. The molecule has 0 spiro atoms. The Bertz CT molecular complexity index is 485. The summed E-state index contributed by atoms with van der Waals surface area (Å²) >= 11 is 1.76. The van der Waals surface area contributed by atoms with Gasteiger partial charge in [-0.1, -0.05) is 13.0 Å². The normalized spacial score (nSPS) is 16.9. The zero-order chi connectivity index (χ0) is 12.4. The van der Waals surface area contributed by atoms with Crippen molar-refractivity contribution in [3.05, 3.63) is 29.9 Å². The minimum atomic E-state index is 0.600. The van der Waals surface area contributed by atoms with E-state index in [2.05, 4.69) is 45.5 Å². The predicted octanol–water partition coefficient (Wildman–Crippen LogP) is 3.00. The third-order valence-electron chi connectivity index (χ3n) is 3.51. The molecular weight excluding hydrogens is 242 g/mol. The van der Waals surface area contributed by atoms with E-state index in [1.807, 2.05) is 6.20 Å². The molecule has 0 saturated heterocycles. The molecule has 1 atom stereocenters. The van der Waals surface area contributed by atoms with E-state index in [0.29, 0.717) is 6.04 Å². The Morgan fingerprint density at radius 3 is 3.11 bits per heavy atom. The van der Waals surface area contributed by atoms with Crippen molar-refractivity contribution in [2.75, 3.05) is 6.54 Å². The molecule has 3 nitrogen and oxygen atoms in total. The molecule has 4 heteroatoms. The Labute approximate surface area is 112 Å². The van der Waals surface area contributed by atoms with Gasteiger partial charge in [-0.3, -0.25) is 0 Å². The summed E-state index contributed by atoms with van der Waals surface area (Å²) in [6.45, 7) is 4.26. The second kappa shape index (κ2) is 5.24. The van der Waals surface area contributed by atoms with Gasteiger partial charge in [0.15, 0.2) is 0 Å². The highest BCUT2D eigenvalue weighted by molar-refractivity contribution is 7.13. The molecule has 96 valence electrons. The van der Waals surface area contributed by atoms with Crippen molar-refractivity contribution in [3.8, 4) is 10.7 Å². The molecule has 0 bridgehead atoms. The van der Waals surface area contributed by atoms with Crippen molar-refractivity contribution in [3.63, 3.8) is 0 Å². The minimum absolute atomic E-state index is 0.600. The average Bonchev–Trinajstić information content (AvgIpc) is 2.90. The van der Waals surface area contributed by atoms with Gasteiger partial charge in [-0.25, -0.2) is 4.98 Å². The van der Waals surface area contributed by atoms with E-state index in [1.165, 1.54) is 17.7 Å². The van der Waals surface area contributed by atoms with Crippen molar-refractivity contribution >= 4 is 11.3 Å². The maximum Gasteiger partial charge on any atom is 0.150 e. The summed E-state index contributed by atoms with van der Waals surface area (Å²) in [5, 5.41) is 5.72. The second-order valence-electron chi connectivity index (χ2n) is 4.88. The Morgan fingerprint density at radius 2 is 2.44 bits per heavy atom. The summed E-state index contributed by atoms with van der Waals surface area (Å²) in [6.07, 6.45) is 6.76. The topological polar surface area (TPSA) is 29.9 Å². The molecule has 1 fully saturated rings. The van der Waals surface area contributed by atoms with Crippen LogP contribution < -0.4 is 5.32 Å². The summed E-state index contributed by atoms with van der Waals surface area (Å²) in [5.41, 5.74) is 0. The Hall–Kier alpha value is -1.13. The van der Waals surface area contributed by atoms with Gasteiger partial charge in [0.2, 0.25) is 0 Å². The average molecular weight is 261 g/mol. The quantitative estimate of drug-likeness (QED) is 0.866. The summed E-state index contributed by atoms with van der Waals surface area (Å²) in [7, 11) is 0. The van der Waals surface area contributed by atoms with Crippen molar-refractivity contribution in [1.29, 1.82) is 0 Å². The predicted molar refractivity (Wildman–Crippen MR) is 75.7 cm³/mol. The molecule has 1 N–H and O–H groups in total. The molecule has 0 radical (unpaired) electrons. The molecule has 2 aromatic heterocycles. The molecule has 3 rings (SSSR count). The Morgan fingerprint density at radius 1 is 1.56 bits per heavy atom. The van der Waals surface area contributed by atoms with Gasteiger partial charge in [0.1, 0.15) is 5.82 Å². The Kier molecular flexibility index (Phi) is 3.48. The standard InChI is InChI=1S/C14H19N3S/c1-2-15-12(11-5-6-11)10-17-8-7-16-14(17)13-4-3-9-18-13/h3-4,7-9,11-12,15H,2,5-6,10H2,1H3. The van der Waals surface area contributed by atoms with Crippen LogP contribution in [0.5, 0.6) is 0 Å². The van der Waals surface area contributed by atoms with Crippen LogP contribution in [-0.4, -0.2) is 22.1 Å². The number of likely N-dealkylation sites (N-methyl/N-ethyl adjacent to an activating group) is 1. The molecule has 0 amide bonds. The minimum Gasteiger partial charge on any atom is -0.329 e. The third-order valence-corrected chi connectivity index (χ3v) is 4.37. The van der Waals surface area contributed by atoms with Crippen molar-refractivity contribution < 1.29 is 0 Å². The highest BCUT2D eigenvalue weighted by Gasteiger charge is 2.31. The van der Waals surface area contributed by atoms with Crippen molar-refractivity contribution in [1.82, 2.24) is 14.9 Å². The van der Waals surface area contributed by atoms with Gasteiger partial charge in [-0.2, -0.15) is 0 Å². The molecular formula is C14H19N3S. The van der Waals surface area contributed by atoms with Crippen LogP contribution in [0.15, 0.2) is 29.9 Å². The van der Waals surface area contributed by atoms with Crippen LogP contribution in [0, 0.1) is 5.92 Å². The van der Waals surface area contributed by atoms with E-state index < -0.39 is 0 Å². The molecule has 0 aliphatic heterocycles. The number of thiophene rings is 1. The van der Waals surface area contributed by atoms with Gasteiger partial charge >= 0.3 is 0 Å². The number of rotatable bonds is 6. The lowest BCUT2D eigenvalue weighted by molar-refractivity contribution is 0.418. The summed E-state index contributed by atoms with van der Waals surface area (Å²) in [6, 6.07) is 4.83. The van der Waals surface area contributed by atoms with Gasteiger partial charge in [0.25, 0.3) is 0 Å². The molecule has 1 aliphatic carbocycles. The monoisotopic (exact) mass is 261 g/mol. The van der Waals surface area contributed by atoms with Gasteiger partial charge in [-0.15, -0.1) is 11.3 Å². The van der Waals surface area contributed by atoms with E-state index in [1.54, 1.807) is 11.3 Å². The van der Waals surface area contributed by atoms with Gasteiger partial charge in [0.05, 0.1) is 4.88 Å². The van der Waals surface area contributed by atoms with Crippen molar-refractivity contribution in [2.24, 2.45) is 5.92 Å². The first-order valence-corrected chi connectivity index (χ1v) is 7.55. The summed E-state index contributed by atoms with van der Waals surface area (Å²) in [4.78, 5) is 5.75. The smallest absolute Gasteiger partial charge is 0.150 e. The largest absolute Gasteiger partial charge is 0.329 e. The van der Waals surface area contributed by atoms with Gasteiger partial charge in [-0.05, 0) is 36.8 Å². The van der Waals surface area contributed by atoms with Crippen LogP contribution in [0.25, 0.3) is 10.7 Å². The maximum absolute atomic E-state index is 4.50. The van der Waals surface area contributed by atoms with Crippen LogP contribution in [0.4, 0.5) is 0 Å². The maximum atomic E-state index is 4.50. The van der Waals surface area contributed by atoms with E-state index in [9.17, 15) is 0 Å². The molecule has 2 aromatic rings. The van der Waals surface area contributed by atoms with Crippen LogP contribution >= 0.6 is 11.3 Å². The Balaban J connectivity index is 1.78. The number of hydrogen-bond acceptors (Lipinski definition) is 3. The molecule has 1 aliphatic rings. The van der Waals surface area contributed by atoms with Crippen LogP contribution in [0.1, 0.15) is 19.8 Å². The number of imidazole rings is 1. The number of nitrogens with zero attached hydrogens (tertiary/aromatic N) is 2. The lowest BCUT2D eigenvalue weighted by Gasteiger charge is -2.19. The van der Waals surface area contributed by atoms with Crippen molar-refractivity contribution in [2.45, 2.75) is 32.4 Å². The first kappa shape index (κ1) is 11.9. The number of nitrogens with one attached hydrogen (secondary N) is 1. The highest BCUT2D eigenvalue weighted by atomic mass is 32.1. The molecule has 2 heterocycles. The number of aromatic nitrogens is 2. The van der Waals surface area contributed by atoms with Crippen LogP contribution in [0.2, 0.25) is 0 Å². The summed E-state index contributed by atoms with van der Waals surface area (Å²) < 4.78 is 2.29. The zero-order valence-electron chi connectivity index (χ0n) is 10.7. The molecule has 1 unspecified atom stereocenters. The van der Waals surface area contributed by atoms with E-state index in [0.717, 1.165) is 24.8 Å². The lowest BCUT2D eigenvalue weighted by Crippen LogP contribution is -2.35. The molecule has 18 heavy (non-hydrogen) atoms. The second-order valence-corrected chi connectivity index (χ2v) is 5.83. The van der Waals surface area contributed by atoms with Crippen LogP contribution in [-0.2, 0) is 6.54 Å². The van der Waals surface area contributed by atoms with Gasteiger partial charge in [0, 0.05) is 25.0 Å². The fourth-order valence-electron chi connectivity index (χ4n) is 2.44. The first-order chi connectivity index (χ1) is 8.88. The molecule has 1 saturated carbocycles. The number of hydrogen-bond donors (Lipinski definition) is 1. The van der Waals surface area contributed by atoms with E-state index in [4.69, 9.17) is 0 Å². The van der Waals surface area contributed by atoms with Crippen LogP contribution in [0.3, 0.4) is 0 Å². The fourth-order valence-corrected chi connectivity index (χ4v) is 3.18. The fraction of sp³-hybridized carbons (Fsp3) is 0.500. The van der Waals surface area contributed by atoms with E-state index >= 15 is 0 Å². The van der Waals surface area contributed by atoms with E-state index in [-0.39, 0.29) is 0 Å². The lowest BCUT2D eigenvalue weighted by atomic mass is 10.2.